The number of carbonyl (C=O) groups is 2. The maximum absolute atomic E-state index is 12.8. The Kier molecular flexibility index (Phi) is 5.47. The molecule has 2 nitrogen and oxygen atoms in total. The van der Waals surface area contributed by atoms with Gasteiger partial charge in [0, 0.05) is 35.3 Å². The molecule has 0 aliphatic heterocycles. The van der Waals surface area contributed by atoms with Gasteiger partial charge in [-0.05, 0) is 30.5 Å². The van der Waals surface area contributed by atoms with Crippen molar-refractivity contribution in [1.82, 2.24) is 0 Å². The van der Waals surface area contributed by atoms with Crippen molar-refractivity contribution in [3.05, 3.63) is 70.7 Å². The summed E-state index contributed by atoms with van der Waals surface area (Å²) < 4.78 is 0. The molecule has 0 aromatic heterocycles. The van der Waals surface area contributed by atoms with Gasteiger partial charge in [-0.2, -0.15) is 0 Å². The Labute approximate surface area is 147 Å². The molecule has 0 heterocycles. The first-order valence-corrected chi connectivity index (χ1v) is 8.89. The summed E-state index contributed by atoms with van der Waals surface area (Å²) in [4.78, 5) is 25.2. The number of ketones is 2. The highest BCUT2D eigenvalue weighted by Gasteiger charge is 2.32. The number of benzene rings is 2. The van der Waals surface area contributed by atoms with E-state index in [9.17, 15) is 9.59 Å². The van der Waals surface area contributed by atoms with Crippen molar-refractivity contribution in [2.75, 3.05) is 0 Å². The molecule has 0 unspecified atom stereocenters. The average Bonchev–Trinajstić information content (AvgIpc) is 2.61. The highest BCUT2D eigenvalue weighted by atomic mass is 35.5. The second-order valence-corrected chi connectivity index (χ2v) is 6.91. The lowest BCUT2D eigenvalue weighted by Crippen LogP contribution is -2.27. The van der Waals surface area contributed by atoms with Crippen LogP contribution in [-0.2, 0) is 4.79 Å². The fourth-order valence-electron chi connectivity index (χ4n) is 3.61. The first-order valence-electron chi connectivity index (χ1n) is 8.51. The van der Waals surface area contributed by atoms with Crippen molar-refractivity contribution >= 4 is 23.2 Å². The highest BCUT2D eigenvalue weighted by Crippen LogP contribution is 2.37. The van der Waals surface area contributed by atoms with Crippen LogP contribution in [0.3, 0.4) is 0 Å². The Hall–Kier alpha value is -1.93. The highest BCUT2D eigenvalue weighted by molar-refractivity contribution is 6.31. The summed E-state index contributed by atoms with van der Waals surface area (Å²) in [6, 6.07) is 17.0. The Morgan fingerprint density at radius 3 is 2.58 bits per heavy atom. The van der Waals surface area contributed by atoms with Gasteiger partial charge in [-0.15, -0.1) is 0 Å². The Balaban J connectivity index is 1.87. The maximum Gasteiger partial charge on any atom is 0.163 e. The predicted octanol–water partition coefficient (Wildman–Crippen LogP) is 5.46. The summed E-state index contributed by atoms with van der Waals surface area (Å²) in [5, 5.41) is 0.561. The monoisotopic (exact) mass is 340 g/mol. The molecule has 2 atom stereocenters. The van der Waals surface area contributed by atoms with E-state index in [0.717, 1.165) is 24.8 Å². The molecule has 1 aliphatic rings. The van der Waals surface area contributed by atoms with Crippen molar-refractivity contribution in [3.8, 4) is 0 Å². The summed E-state index contributed by atoms with van der Waals surface area (Å²) in [7, 11) is 0. The molecule has 1 fully saturated rings. The molecule has 24 heavy (non-hydrogen) atoms. The lowest BCUT2D eigenvalue weighted by atomic mass is 9.73. The Bertz CT molecular complexity index is 724. The van der Waals surface area contributed by atoms with E-state index in [4.69, 9.17) is 11.6 Å². The molecule has 0 amide bonds. The van der Waals surface area contributed by atoms with Crippen molar-refractivity contribution in [1.29, 1.82) is 0 Å². The van der Waals surface area contributed by atoms with E-state index >= 15 is 0 Å². The summed E-state index contributed by atoms with van der Waals surface area (Å²) in [5.74, 6) is 0.244. The zero-order chi connectivity index (χ0) is 16.9. The number of hydrogen-bond donors (Lipinski definition) is 0. The molecule has 1 aliphatic carbocycles. The topological polar surface area (TPSA) is 34.1 Å². The van der Waals surface area contributed by atoms with Crippen LogP contribution >= 0.6 is 11.6 Å². The Morgan fingerprint density at radius 1 is 1.08 bits per heavy atom. The van der Waals surface area contributed by atoms with Crippen molar-refractivity contribution in [2.45, 2.75) is 38.0 Å². The molecule has 0 bridgehead atoms. The molecule has 0 saturated heterocycles. The van der Waals surface area contributed by atoms with E-state index in [0.29, 0.717) is 29.2 Å². The van der Waals surface area contributed by atoms with Crippen LogP contribution in [0.4, 0.5) is 0 Å². The molecule has 2 aromatic carbocycles. The van der Waals surface area contributed by atoms with Gasteiger partial charge in [0.15, 0.2) is 5.78 Å². The molecule has 124 valence electrons. The van der Waals surface area contributed by atoms with Gasteiger partial charge in [0.25, 0.3) is 0 Å². The second kappa shape index (κ2) is 7.76. The van der Waals surface area contributed by atoms with Gasteiger partial charge in [0.05, 0.1) is 0 Å². The van der Waals surface area contributed by atoms with Gasteiger partial charge in [-0.3, -0.25) is 9.59 Å². The molecular formula is C21H21ClO2. The van der Waals surface area contributed by atoms with Gasteiger partial charge >= 0.3 is 0 Å². The van der Waals surface area contributed by atoms with Crippen LogP contribution in [0.25, 0.3) is 0 Å². The molecule has 0 radical (unpaired) electrons. The van der Waals surface area contributed by atoms with Crippen LogP contribution in [0.1, 0.15) is 53.9 Å². The molecular weight excluding hydrogens is 320 g/mol. The fourth-order valence-corrected chi connectivity index (χ4v) is 3.80. The van der Waals surface area contributed by atoms with Gasteiger partial charge in [0.1, 0.15) is 5.78 Å². The third-order valence-corrected chi connectivity index (χ3v) is 5.10. The number of halogens is 1. The van der Waals surface area contributed by atoms with E-state index in [1.807, 2.05) is 30.3 Å². The number of Topliss-reactive ketones (excluding diaryl/α,β-unsaturated/α-hetero) is 2. The van der Waals surface area contributed by atoms with E-state index < -0.39 is 0 Å². The lowest BCUT2D eigenvalue weighted by molar-refractivity contribution is -0.125. The Morgan fingerprint density at radius 2 is 1.88 bits per heavy atom. The van der Waals surface area contributed by atoms with Crippen molar-refractivity contribution < 1.29 is 9.59 Å². The molecule has 3 rings (SSSR count). The molecule has 2 aromatic rings. The normalized spacial score (nSPS) is 19.0. The lowest BCUT2D eigenvalue weighted by Gasteiger charge is -2.29. The van der Waals surface area contributed by atoms with Crippen molar-refractivity contribution in [3.63, 3.8) is 0 Å². The van der Waals surface area contributed by atoms with E-state index in [-0.39, 0.29) is 17.6 Å². The number of hydrogen-bond acceptors (Lipinski definition) is 2. The first-order chi connectivity index (χ1) is 11.6. The van der Waals surface area contributed by atoms with E-state index in [1.54, 1.807) is 24.3 Å². The largest absolute Gasteiger partial charge is 0.299 e. The van der Waals surface area contributed by atoms with Gasteiger partial charge in [-0.1, -0.05) is 60.5 Å². The number of carbonyl (C=O) groups excluding carboxylic acids is 2. The van der Waals surface area contributed by atoms with E-state index in [2.05, 4.69) is 0 Å². The zero-order valence-electron chi connectivity index (χ0n) is 13.6. The standard InChI is InChI=1S/C21H21ClO2/c22-17-10-6-9-16(13-17)21(24)14-19(15-7-2-1-3-8-15)18-11-4-5-12-20(18)23/h1-3,6-10,13,18-19H,4-5,11-12,14H2/t18-,19-/m0/s1. The van der Waals surface area contributed by atoms with Gasteiger partial charge in [0.2, 0.25) is 0 Å². The van der Waals surface area contributed by atoms with Crippen molar-refractivity contribution in [2.24, 2.45) is 5.92 Å². The maximum atomic E-state index is 12.8. The summed E-state index contributed by atoms with van der Waals surface area (Å²) in [5.41, 5.74) is 1.69. The average molecular weight is 341 g/mol. The van der Waals surface area contributed by atoms with Gasteiger partial charge in [-0.25, -0.2) is 0 Å². The van der Waals surface area contributed by atoms with E-state index in [1.165, 1.54) is 0 Å². The van der Waals surface area contributed by atoms with Gasteiger partial charge < -0.3 is 0 Å². The van der Waals surface area contributed by atoms with Crippen LogP contribution in [0.5, 0.6) is 0 Å². The smallest absolute Gasteiger partial charge is 0.163 e. The SMILES string of the molecule is O=C(C[C@@H](c1ccccc1)[C@@H]1CCCCC1=O)c1cccc(Cl)c1. The van der Waals surface area contributed by atoms with Crippen LogP contribution < -0.4 is 0 Å². The zero-order valence-corrected chi connectivity index (χ0v) is 14.3. The summed E-state index contributed by atoms with van der Waals surface area (Å²) in [6.45, 7) is 0. The molecule has 0 spiro atoms. The predicted molar refractivity (Wildman–Crippen MR) is 96.5 cm³/mol. The second-order valence-electron chi connectivity index (χ2n) is 6.47. The van der Waals surface area contributed by atoms with Crippen LogP contribution in [0.15, 0.2) is 54.6 Å². The first kappa shape index (κ1) is 16.9. The molecule has 3 heteroatoms. The van der Waals surface area contributed by atoms with Crippen LogP contribution in [-0.4, -0.2) is 11.6 Å². The fraction of sp³-hybridized carbons (Fsp3) is 0.333. The quantitative estimate of drug-likeness (QED) is 0.677. The van der Waals surface area contributed by atoms with Crippen LogP contribution in [0.2, 0.25) is 5.02 Å². The molecule has 0 N–H and O–H groups in total. The summed E-state index contributed by atoms with van der Waals surface area (Å²) >= 11 is 6.01. The summed E-state index contributed by atoms with van der Waals surface area (Å²) in [6.07, 6.45) is 3.89. The van der Waals surface area contributed by atoms with Crippen LogP contribution in [0, 0.1) is 5.92 Å². The third-order valence-electron chi connectivity index (χ3n) is 4.87. The minimum absolute atomic E-state index is 0.0460. The minimum atomic E-state index is -0.0516. The molecule has 1 saturated carbocycles. The third kappa shape index (κ3) is 3.93. The number of rotatable bonds is 5. The minimum Gasteiger partial charge on any atom is -0.299 e.